The molecule has 0 aliphatic carbocycles. The minimum Gasteiger partial charge on any atom is -0.508 e. The molecule has 2 aromatic carbocycles. The summed E-state index contributed by atoms with van der Waals surface area (Å²) in [4.78, 5) is 14.9. The highest BCUT2D eigenvalue weighted by atomic mass is 16.3. The average Bonchev–Trinajstić information content (AvgIpc) is 3.31. The van der Waals surface area contributed by atoms with Gasteiger partial charge in [-0.1, -0.05) is 18.2 Å². The molecule has 2 aromatic rings. The lowest BCUT2D eigenvalue weighted by molar-refractivity contribution is 0.0949. The first-order valence-electron chi connectivity index (χ1n) is 11.7. The smallest absolute Gasteiger partial charge is 0.251 e. The summed E-state index contributed by atoms with van der Waals surface area (Å²) < 4.78 is 0. The molecule has 0 radical (unpaired) electrons. The number of rotatable bonds is 11. The molecule has 7 nitrogen and oxygen atoms in total. The highest BCUT2D eigenvalue weighted by molar-refractivity contribution is 5.94. The van der Waals surface area contributed by atoms with Gasteiger partial charge in [0.05, 0.1) is 12.7 Å². The molecule has 1 fully saturated rings. The number of nitrogens with one attached hydrogen (secondary N) is 2. The number of aliphatic hydroxyl groups is 2. The quantitative estimate of drug-likeness (QED) is 0.356. The largest absolute Gasteiger partial charge is 0.508 e. The van der Waals surface area contributed by atoms with Gasteiger partial charge in [0.2, 0.25) is 0 Å². The van der Waals surface area contributed by atoms with E-state index in [-0.39, 0.29) is 23.8 Å². The maximum atomic E-state index is 12.6. The third-order valence-electron chi connectivity index (χ3n) is 6.18. The first kappa shape index (κ1) is 25.2. The molecule has 0 spiro atoms. The molecule has 180 valence electrons. The summed E-state index contributed by atoms with van der Waals surface area (Å²) >= 11 is 0. The van der Waals surface area contributed by atoms with Gasteiger partial charge in [-0.25, -0.2) is 0 Å². The van der Waals surface area contributed by atoms with Gasteiger partial charge in [0.25, 0.3) is 5.91 Å². The van der Waals surface area contributed by atoms with Gasteiger partial charge < -0.3 is 30.9 Å². The van der Waals surface area contributed by atoms with E-state index in [0.29, 0.717) is 36.2 Å². The molecular formula is C26H37N3O4. The first-order chi connectivity index (χ1) is 15.8. The van der Waals surface area contributed by atoms with Crippen LogP contribution in [-0.2, 0) is 13.0 Å². The topological polar surface area (TPSA) is 105 Å². The fourth-order valence-electron chi connectivity index (χ4n) is 4.26. The van der Waals surface area contributed by atoms with Crippen LogP contribution >= 0.6 is 0 Å². The van der Waals surface area contributed by atoms with Crippen LogP contribution in [0.5, 0.6) is 5.75 Å². The molecule has 0 aromatic heterocycles. The molecule has 1 amide bonds. The normalized spacial score (nSPS) is 15.5. The molecule has 0 unspecified atom stereocenters. The zero-order valence-electron chi connectivity index (χ0n) is 19.7. The van der Waals surface area contributed by atoms with E-state index in [2.05, 4.69) is 29.4 Å². The Labute approximate surface area is 196 Å². The molecule has 1 aliphatic heterocycles. The van der Waals surface area contributed by atoms with E-state index in [1.165, 1.54) is 18.9 Å². The summed E-state index contributed by atoms with van der Waals surface area (Å²) in [5, 5.41) is 36.0. The van der Waals surface area contributed by atoms with Crippen LogP contribution in [0, 0.1) is 0 Å². The van der Waals surface area contributed by atoms with Crippen LogP contribution in [0.4, 0.5) is 0 Å². The number of hydrogen-bond acceptors (Lipinski definition) is 6. The third kappa shape index (κ3) is 7.54. The molecule has 1 saturated heterocycles. The Morgan fingerprint density at radius 1 is 1.15 bits per heavy atom. The molecule has 0 bridgehead atoms. The van der Waals surface area contributed by atoms with E-state index in [0.717, 1.165) is 25.2 Å². The average molecular weight is 456 g/mol. The van der Waals surface area contributed by atoms with Crippen LogP contribution in [0.3, 0.4) is 0 Å². The lowest BCUT2D eigenvalue weighted by Gasteiger charge is -2.28. The summed E-state index contributed by atoms with van der Waals surface area (Å²) in [5.74, 6) is -0.0362. The zero-order valence-corrected chi connectivity index (χ0v) is 19.7. The van der Waals surface area contributed by atoms with E-state index in [9.17, 15) is 20.1 Å². The number of benzene rings is 2. The van der Waals surface area contributed by atoms with Gasteiger partial charge in [0, 0.05) is 36.3 Å². The monoisotopic (exact) mass is 455 g/mol. The van der Waals surface area contributed by atoms with Gasteiger partial charge in [-0.05, 0) is 81.6 Å². The van der Waals surface area contributed by atoms with Crippen molar-refractivity contribution in [3.05, 3.63) is 64.7 Å². The number of aromatic hydroxyl groups is 1. The standard InChI is InChI=1S/C26H37N3O4/c1-26(2,28-17-24(32)20-8-9-23(31)22(15-20)18-30)16-19-6-5-7-21(14-19)25(33)27-10-13-29-11-3-4-12-29/h5-9,14-15,24,28,30-32H,3-4,10-13,16-18H2,1-2H3,(H,27,33)/t24-/m0/s1. The zero-order chi connectivity index (χ0) is 23.8. The number of nitrogens with zero attached hydrogens (tertiary/aromatic N) is 1. The minimum atomic E-state index is -0.775. The Kier molecular flexibility index (Phi) is 8.86. The van der Waals surface area contributed by atoms with Crippen molar-refractivity contribution < 1.29 is 20.1 Å². The number of aliphatic hydroxyl groups excluding tert-OH is 2. The molecular weight excluding hydrogens is 418 g/mol. The van der Waals surface area contributed by atoms with Gasteiger partial charge in [-0.15, -0.1) is 0 Å². The Morgan fingerprint density at radius 2 is 1.91 bits per heavy atom. The van der Waals surface area contributed by atoms with Crippen molar-refractivity contribution in [3.63, 3.8) is 0 Å². The van der Waals surface area contributed by atoms with Crippen LogP contribution in [0.25, 0.3) is 0 Å². The molecule has 1 aliphatic rings. The number of carbonyl (C=O) groups is 1. The maximum absolute atomic E-state index is 12.6. The fraction of sp³-hybridized carbons (Fsp3) is 0.500. The van der Waals surface area contributed by atoms with Crippen molar-refractivity contribution in [1.82, 2.24) is 15.5 Å². The van der Waals surface area contributed by atoms with Crippen molar-refractivity contribution in [2.75, 3.05) is 32.7 Å². The van der Waals surface area contributed by atoms with Crippen LogP contribution in [0.15, 0.2) is 42.5 Å². The van der Waals surface area contributed by atoms with Crippen LogP contribution < -0.4 is 10.6 Å². The number of phenols is 1. The molecule has 7 heteroatoms. The summed E-state index contributed by atoms with van der Waals surface area (Å²) in [6.07, 6.45) is 2.40. The number of β-amino-alcohol motifs (C(OH)–C–C–N with tert-alkyl or cyclic N) is 1. The second-order valence-electron chi connectivity index (χ2n) is 9.51. The van der Waals surface area contributed by atoms with Crippen LogP contribution in [-0.4, -0.2) is 64.4 Å². The molecule has 1 heterocycles. The number of carbonyl (C=O) groups excluding carboxylic acids is 1. The van der Waals surface area contributed by atoms with Crippen LogP contribution in [0.1, 0.15) is 59.8 Å². The van der Waals surface area contributed by atoms with Gasteiger partial charge in [0.15, 0.2) is 0 Å². The summed E-state index contributed by atoms with van der Waals surface area (Å²) in [6.45, 7) is 7.94. The molecule has 33 heavy (non-hydrogen) atoms. The van der Waals surface area contributed by atoms with E-state index in [1.807, 2.05) is 24.3 Å². The van der Waals surface area contributed by atoms with Crippen molar-refractivity contribution >= 4 is 5.91 Å². The summed E-state index contributed by atoms with van der Waals surface area (Å²) in [7, 11) is 0. The van der Waals surface area contributed by atoms with Gasteiger partial charge >= 0.3 is 0 Å². The van der Waals surface area contributed by atoms with Gasteiger partial charge in [0.1, 0.15) is 5.75 Å². The first-order valence-corrected chi connectivity index (χ1v) is 11.7. The maximum Gasteiger partial charge on any atom is 0.251 e. The van der Waals surface area contributed by atoms with Crippen molar-refractivity contribution in [3.8, 4) is 5.75 Å². The second kappa shape index (κ2) is 11.6. The third-order valence-corrected chi connectivity index (χ3v) is 6.18. The number of hydrogen-bond donors (Lipinski definition) is 5. The van der Waals surface area contributed by atoms with Crippen molar-refractivity contribution in [1.29, 1.82) is 0 Å². The number of amides is 1. The Hall–Kier alpha value is -2.45. The Morgan fingerprint density at radius 3 is 2.64 bits per heavy atom. The van der Waals surface area contributed by atoms with Crippen molar-refractivity contribution in [2.45, 2.75) is 51.4 Å². The molecule has 0 saturated carbocycles. The predicted octanol–water partition coefficient (Wildman–Crippen LogP) is 2.35. The van der Waals surface area contributed by atoms with E-state index < -0.39 is 6.10 Å². The highest BCUT2D eigenvalue weighted by Gasteiger charge is 2.21. The summed E-state index contributed by atoms with van der Waals surface area (Å²) in [5.41, 5.74) is 2.41. The highest BCUT2D eigenvalue weighted by Crippen LogP contribution is 2.23. The molecule has 5 N–H and O–H groups in total. The minimum absolute atomic E-state index is 0.0155. The Bertz CT molecular complexity index is 926. The van der Waals surface area contributed by atoms with E-state index in [1.54, 1.807) is 12.1 Å². The van der Waals surface area contributed by atoms with E-state index >= 15 is 0 Å². The Balaban J connectivity index is 1.51. The lowest BCUT2D eigenvalue weighted by atomic mass is 9.93. The summed E-state index contributed by atoms with van der Waals surface area (Å²) in [6, 6.07) is 12.4. The number of likely N-dealkylation sites (tertiary alicyclic amines) is 1. The van der Waals surface area contributed by atoms with Gasteiger partial charge in [-0.3, -0.25) is 4.79 Å². The van der Waals surface area contributed by atoms with Gasteiger partial charge in [-0.2, -0.15) is 0 Å². The van der Waals surface area contributed by atoms with E-state index in [4.69, 9.17) is 0 Å². The molecule has 3 rings (SSSR count). The lowest BCUT2D eigenvalue weighted by Crippen LogP contribution is -2.43. The van der Waals surface area contributed by atoms with Crippen molar-refractivity contribution in [2.24, 2.45) is 0 Å². The SMILES string of the molecule is CC(C)(Cc1cccc(C(=O)NCCN2CCCC2)c1)NC[C@H](O)c1ccc(O)c(CO)c1. The fourth-order valence-corrected chi connectivity index (χ4v) is 4.26. The predicted molar refractivity (Wildman–Crippen MR) is 129 cm³/mol. The molecule has 1 atom stereocenters. The van der Waals surface area contributed by atoms with Crippen LogP contribution in [0.2, 0.25) is 0 Å². The second-order valence-corrected chi connectivity index (χ2v) is 9.51.